The molecule has 0 saturated carbocycles. The second kappa shape index (κ2) is 9.37. The number of nitrogens with zero attached hydrogens (tertiary/aromatic N) is 1. The molecule has 2 aromatic carbocycles. The van der Waals surface area contributed by atoms with Crippen LogP contribution in [0.2, 0.25) is 0 Å². The second-order valence-electron chi connectivity index (χ2n) is 7.27. The van der Waals surface area contributed by atoms with Crippen LogP contribution in [0.4, 0.5) is 11.4 Å². The van der Waals surface area contributed by atoms with Gasteiger partial charge in [-0.15, -0.1) is 0 Å². The van der Waals surface area contributed by atoms with Gasteiger partial charge in [-0.2, -0.15) is 4.31 Å². The van der Waals surface area contributed by atoms with Crippen molar-refractivity contribution in [2.24, 2.45) is 0 Å². The molecule has 0 heterocycles. The van der Waals surface area contributed by atoms with Gasteiger partial charge in [-0.3, -0.25) is 9.52 Å². The molecule has 2 rings (SSSR count). The first-order chi connectivity index (χ1) is 14.3. The SMILES string of the molecule is CCN(CC)S(=O)(=O)c1cc(C)c(C)c(NS(=O)(=O)c2cc(NC(C)=O)ccc2C)c1. The molecule has 0 radical (unpaired) electrons. The molecule has 0 fully saturated rings. The first-order valence-electron chi connectivity index (χ1n) is 9.86. The molecular formula is C21H29N3O5S2. The molecule has 10 heteroatoms. The fourth-order valence-electron chi connectivity index (χ4n) is 3.16. The molecule has 0 spiro atoms. The van der Waals surface area contributed by atoms with Crippen LogP contribution in [0, 0.1) is 20.8 Å². The average molecular weight is 468 g/mol. The molecule has 8 nitrogen and oxygen atoms in total. The van der Waals surface area contributed by atoms with Crippen molar-refractivity contribution in [2.75, 3.05) is 23.1 Å². The minimum absolute atomic E-state index is 0.00666. The Morgan fingerprint density at radius 1 is 0.935 bits per heavy atom. The molecule has 0 bridgehead atoms. The van der Waals surface area contributed by atoms with Crippen molar-refractivity contribution < 1.29 is 21.6 Å². The van der Waals surface area contributed by atoms with E-state index in [1.54, 1.807) is 52.8 Å². The van der Waals surface area contributed by atoms with E-state index in [9.17, 15) is 21.6 Å². The molecule has 0 aliphatic rings. The Kier molecular flexibility index (Phi) is 7.51. The predicted octanol–water partition coefficient (Wildman–Crippen LogP) is 3.40. The standard InChI is InChI=1S/C21H29N3O5S2/c1-7-24(8-2)31(28,29)19-11-15(4)16(5)20(13-19)23-30(26,27)21-12-18(22-17(6)25)10-9-14(21)3/h9-13,23H,7-8H2,1-6H3,(H,22,25). The lowest BCUT2D eigenvalue weighted by molar-refractivity contribution is -0.114. The van der Waals surface area contributed by atoms with Gasteiger partial charge in [-0.1, -0.05) is 19.9 Å². The number of amides is 1. The first-order valence-corrected chi connectivity index (χ1v) is 12.8. The highest BCUT2D eigenvalue weighted by Gasteiger charge is 2.25. The van der Waals surface area contributed by atoms with E-state index in [-0.39, 0.29) is 21.4 Å². The number of aryl methyl sites for hydroxylation is 2. The van der Waals surface area contributed by atoms with Gasteiger partial charge in [0.1, 0.15) is 0 Å². The zero-order chi connectivity index (χ0) is 23.6. The van der Waals surface area contributed by atoms with Crippen molar-refractivity contribution in [3.8, 4) is 0 Å². The molecule has 1 amide bonds. The summed E-state index contributed by atoms with van der Waals surface area (Å²) in [6.45, 7) is 10.5. The minimum Gasteiger partial charge on any atom is -0.326 e. The lowest BCUT2D eigenvalue weighted by Gasteiger charge is -2.21. The molecule has 2 N–H and O–H groups in total. The third kappa shape index (κ3) is 5.44. The van der Waals surface area contributed by atoms with E-state index in [1.165, 1.54) is 23.4 Å². The molecule has 2 aromatic rings. The number of hydrogen-bond acceptors (Lipinski definition) is 5. The second-order valence-corrected chi connectivity index (χ2v) is 10.9. The highest BCUT2D eigenvalue weighted by molar-refractivity contribution is 7.92. The quantitative estimate of drug-likeness (QED) is 0.618. The highest BCUT2D eigenvalue weighted by Crippen LogP contribution is 2.29. The van der Waals surface area contributed by atoms with Crippen molar-refractivity contribution in [1.29, 1.82) is 0 Å². The van der Waals surface area contributed by atoms with Gasteiger partial charge in [0.25, 0.3) is 10.0 Å². The number of carbonyl (C=O) groups excluding carboxylic acids is 1. The number of sulfonamides is 2. The van der Waals surface area contributed by atoms with Gasteiger partial charge < -0.3 is 5.32 Å². The van der Waals surface area contributed by atoms with Crippen LogP contribution in [0.25, 0.3) is 0 Å². The van der Waals surface area contributed by atoms with Gasteiger partial charge in [-0.05, 0) is 61.7 Å². The highest BCUT2D eigenvalue weighted by atomic mass is 32.2. The number of anilines is 2. The normalized spacial score (nSPS) is 12.1. The van der Waals surface area contributed by atoms with E-state index >= 15 is 0 Å². The summed E-state index contributed by atoms with van der Waals surface area (Å²) < 4.78 is 56.1. The Hall–Kier alpha value is -2.43. The monoisotopic (exact) mass is 467 g/mol. The van der Waals surface area contributed by atoms with Crippen LogP contribution in [0.3, 0.4) is 0 Å². The molecule has 170 valence electrons. The first kappa shape index (κ1) is 24.8. The Morgan fingerprint density at radius 2 is 1.55 bits per heavy atom. The fraction of sp³-hybridized carbons (Fsp3) is 0.381. The topological polar surface area (TPSA) is 113 Å². The molecule has 0 atom stereocenters. The molecule has 0 aliphatic heterocycles. The van der Waals surface area contributed by atoms with E-state index < -0.39 is 20.0 Å². The zero-order valence-corrected chi connectivity index (χ0v) is 20.2. The lowest BCUT2D eigenvalue weighted by atomic mass is 10.1. The summed E-state index contributed by atoms with van der Waals surface area (Å²) in [4.78, 5) is 11.4. The Labute approximate surface area is 184 Å². The molecule has 31 heavy (non-hydrogen) atoms. The summed E-state index contributed by atoms with van der Waals surface area (Å²) in [6, 6.07) is 7.48. The molecule has 0 aromatic heterocycles. The smallest absolute Gasteiger partial charge is 0.262 e. The van der Waals surface area contributed by atoms with Crippen LogP contribution in [0.1, 0.15) is 37.5 Å². The van der Waals surface area contributed by atoms with Crippen LogP contribution < -0.4 is 10.0 Å². The third-order valence-corrected chi connectivity index (χ3v) is 8.56. The molecular weight excluding hydrogens is 438 g/mol. The van der Waals surface area contributed by atoms with Crippen LogP contribution in [-0.4, -0.2) is 40.1 Å². The Bertz CT molecular complexity index is 1200. The number of rotatable bonds is 8. The molecule has 0 unspecified atom stereocenters. The van der Waals surface area contributed by atoms with Crippen LogP contribution in [0.15, 0.2) is 40.1 Å². The summed E-state index contributed by atoms with van der Waals surface area (Å²) in [7, 11) is -7.81. The predicted molar refractivity (Wildman–Crippen MR) is 122 cm³/mol. The van der Waals surface area contributed by atoms with Crippen molar-refractivity contribution in [3.63, 3.8) is 0 Å². The van der Waals surface area contributed by atoms with E-state index in [1.807, 2.05) is 0 Å². The van der Waals surface area contributed by atoms with Crippen LogP contribution in [-0.2, 0) is 24.8 Å². The van der Waals surface area contributed by atoms with Crippen LogP contribution >= 0.6 is 0 Å². The Morgan fingerprint density at radius 3 is 2.10 bits per heavy atom. The van der Waals surface area contributed by atoms with E-state index in [0.29, 0.717) is 35.5 Å². The van der Waals surface area contributed by atoms with Gasteiger partial charge in [-0.25, -0.2) is 16.8 Å². The lowest BCUT2D eigenvalue weighted by Crippen LogP contribution is -2.30. The summed E-state index contributed by atoms with van der Waals surface area (Å²) in [6.07, 6.45) is 0. The zero-order valence-electron chi connectivity index (χ0n) is 18.6. The van der Waals surface area contributed by atoms with Crippen molar-refractivity contribution in [3.05, 3.63) is 47.0 Å². The van der Waals surface area contributed by atoms with E-state index in [2.05, 4.69) is 10.0 Å². The maximum Gasteiger partial charge on any atom is 0.262 e. The van der Waals surface area contributed by atoms with Crippen LogP contribution in [0.5, 0.6) is 0 Å². The number of hydrogen-bond donors (Lipinski definition) is 2. The van der Waals surface area contributed by atoms with E-state index in [0.717, 1.165) is 0 Å². The number of carbonyl (C=O) groups is 1. The summed E-state index contributed by atoms with van der Waals surface area (Å²) in [5, 5.41) is 2.57. The van der Waals surface area contributed by atoms with Gasteiger partial charge in [0.05, 0.1) is 15.5 Å². The number of nitrogens with one attached hydrogen (secondary N) is 2. The summed E-state index contributed by atoms with van der Waals surface area (Å²) in [5.74, 6) is -0.319. The number of benzene rings is 2. The van der Waals surface area contributed by atoms with Crippen molar-refractivity contribution in [2.45, 2.75) is 51.3 Å². The minimum atomic E-state index is -4.04. The van der Waals surface area contributed by atoms with Gasteiger partial charge in [0.15, 0.2) is 0 Å². The fourth-order valence-corrected chi connectivity index (χ4v) is 6.12. The van der Waals surface area contributed by atoms with Gasteiger partial charge in [0, 0.05) is 25.7 Å². The largest absolute Gasteiger partial charge is 0.326 e. The van der Waals surface area contributed by atoms with Crippen molar-refractivity contribution >= 4 is 37.3 Å². The van der Waals surface area contributed by atoms with Crippen molar-refractivity contribution in [1.82, 2.24) is 4.31 Å². The average Bonchev–Trinajstić information content (AvgIpc) is 2.66. The van der Waals surface area contributed by atoms with E-state index in [4.69, 9.17) is 0 Å². The molecule has 0 aliphatic carbocycles. The maximum absolute atomic E-state index is 13.1. The van der Waals surface area contributed by atoms with Gasteiger partial charge in [0.2, 0.25) is 15.9 Å². The van der Waals surface area contributed by atoms with Gasteiger partial charge >= 0.3 is 0 Å². The third-order valence-electron chi connectivity index (χ3n) is 5.03. The summed E-state index contributed by atoms with van der Waals surface area (Å²) in [5.41, 5.74) is 2.30. The maximum atomic E-state index is 13.1. The summed E-state index contributed by atoms with van der Waals surface area (Å²) >= 11 is 0. The molecule has 0 saturated heterocycles. The Balaban J connectivity index is 2.56.